The maximum Gasteiger partial charge on any atom is 0.290 e. The summed E-state index contributed by atoms with van der Waals surface area (Å²) in [5.74, 6) is 0.296. The van der Waals surface area contributed by atoms with Gasteiger partial charge >= 0.3 is 0 Å². The average Bonchev–Trinajstić information content (AvgIpc) is 3.16. The molecule has 0 saturated heterocycles. The summed E-state index contributed by atoms with van der Waals surface area (Å²) in [7, 11) is 1.60. The van der Waals surface area contributed by atoms with Crippen molar-refractivity contribution in [2.24, 2.45) is 0 Å². The van der Waals surface area contributed by atoms with Crippen molar-refractivity contribution < 1.29 is 19.4 Å². The number of amides is 1. The van der Waals surface area contributed by atoms with Crippen LogP contribution in [-0.4, -0.2) is 30.3 Å². The Bertz CT molecular complexity index is 1060. The number of benzene rings is 2. The summed E-state index contributed by atoms with van der Waals surface area (Å²) in [5, 5.41) is 21.2. The predicted octanol–water partition coefficient (Wildman–Crippen LogP) is 5.74. The zero-order chi connectivity index (χ0) is 22.3. The van der Waals surface area contributed by atoms with E-state index in [1.165, 1.54) is 11.3 Å². The van der Waals surface area contributed by atoms with Crippen molar-refractivity contribution in [1.29, 1.82) is 5.41 Å². The topological polar surface area (TPSA) is 99.5 Å². The number of carboxylic acid groups (broad SMARTS) is 1. The number of ether oxygens (including phenoxy) is 1. The van der Waals surface area contributed by atoms with Gasteiger partial charge in [0, 0.05) is 11.1 Å². The standard InChI is InChI=1S/C20H16Cl2N2O2S.CH2O2/c1-11-6-7-12(10-16(11)26-2)18(23)13-8-9-27-20(13)24-19(25)17-14(21)4-3-5-15(17)22;2-1-3/h3-10,23H,1-2H3,(H,24,25);1H,(H,2,3). The second-order valence-corrected chi connectivity index (χ2v) is 7.61. The number of nitrogens with one attached hydrogen (secondary N) is 2. The molecule has 3 aromatic rings. The summed E-state index contributed by atoms with van der Waals surface area (Å²) in [5.41, 5.74) is 2.80. The Morgan fingerprint density at radius 1 is 1.20 bits per heavy atom. The lowest BCUT2D eigenvalue weighted by Gasteiger charge is -2.11. The van der Waals surface area contributed by atoms with Crippen LogP contribution in [0.2, 0.25) is 10.0 Å². The lowest BCUT2D eigenvalue weighted by atomic mass is 10.0. The minimum Gasteiger partial charge on any atom is -0.496 e. The van der Waals surface area contributed by atoms with E-state index in [0.29, 0.717) is 21.9 Å². The van der Waals surface area contributed by atoms with Crippen LogP contribution < -0.4 is 10.1 Å². The molecule has 3 N–H and O–H groups in total. The summed E-state index contributed by atoms with van der Waals surface area (Å²) in [4.78, 5) is 21.0. The van der Waals surface area contributed by atoms with Crippen LogP contribution in [-0.2, 0) is 4.79 Å². The van der Waals surface area contributed by atoms with E-state index >= 15 is 0 Å². The first kappa shape index (κ1) is 23.4. The normalized spacial score (nSPS) is 9.87. The molecule has 0 aliphatic carbocycles. The number of carbonyl (C=O) groups excluding carboxylic acids is 1. The summed E-state index contributed by atoms with van der Waals surface area (Å²) in [6.45, 7) is 1.69. The first-order chi connectivity index (χ1) is 14.3. The molecule has 9 heteroatoms. The molecular weight excluding hydrogens is 447 g/mol. The van der Waals surface area contributed by atoms with Gasteiger partial charge in [0.1, 0.15) is 10.8 Å². The van der Waals surface area contributed by atoms with Gasteiger partial charge in [0.25, 0.3) is 12.4 Å². The Kier molecular flexibility index (Phi) is 8.41. The molecule has 0 radical (unpaired) electrons. The maximum absolute atomic E-state index is 12.6. The Morgan fingerprint density at radius 2 is 1.83 bits per heavy atom. The number of anilines is 1. The molecule has 2 aromatic carbocycles. The number of carbonyl (C=O) groups is 2. The molecule has 0 fully saturated rings. The fourth-order valence-electron chi connectivity index (χ4n) is 2.61. The van der Waals surface area contributed by atoms with Gasteiger partial charge in [-0.2, -0.15) is 0 Å². The molecule has 0 spiro atoms. The number of methoxy groups -OCH3 is 1. The van der Waals surface area contributed by atoms with Crippen molar-refractivity contribution in [3.05, 3.63) is 80.1 Å². The summed E-state index contributed by atoms with van der Waals surface area (Å²) in [6.07, 6.45) is 0. The van der Waals surface area contributed by atoms with Gasteiger partial charge in [-0.25, -0.2) is 0 Å². The third-order valence-corrected chi connectivity index (χ3v) is 5.51. The highest BCUT2D eigenvalue weighted by molar-refractivity contribution is 7.14. The van der Waals surface area contributed by atoms with E-state index in [0.717, 1.165) is 5.56 Å². The highest BCUT2D eigenvalue weighted by Crippen LogP contribution is 2.30. The highest BCUT2D eigenvalue weighted by Gasteiger charge is 2.19. The number of thiophene rings is 1. The minimum absolute atomic E-state index is 0.212. The van der Waals surface area contributed by atoms with Crippen LogP contribution in [0.15, 0.2) is 47.8 Å². The van der Waals surface area contributed by atoms with Gasteiger partial charge in [-0.05, 0) is 42.1 Å². The first-order valence-corrected chi connectivity index (χ1v) is 10.1. The van der Waals surface area contributed by atoms with E-state index in [-0.39, 0.29) is 27.8 Å². The summed E-state index contributed by atoms with van der Waals surface area (Å²) in [6, 6.07) is 12.3. The Morgan fingerprint density at radius 3 is 2.43 bits per heavy atom. The van der Waals surface area contributed by atoms with Crippen LogP contribution in [0.25, 0.3) is 0 Å². The first-order valence-electron chi connectivity index (χ1n) is 8.48. The third kappa shape index (κ3) is 5.38. The molecule has 0 unspecified atom stereocenters. The molecule has 0 aliphatic rings. The second-order valence-electron chi connectivity index (χ2n) is 5.88. The van der Waals surface area contributed by atoms with E-state index in [1.54, 1.807) is 31.4 Å². The van der Waals surface area contributed by atoms with Crippen molar-refractivity contribution in [3.8, 4) is 5.75 Å². The number of rotatable bonds is 5. The van der Waals surface area contributed by atoms with Crippen molar-refractivity contribution >= 4 is 57.6 Å². The lowest BCUT2D eigenvalue weighted by molar-refractivity contribution is -0.122. The quantitative estimate of drug-likeness (QED) is 0.331. The Balaban J connectivity index is 0.00000101. The lowest BCUT2D eigenvalue weighted by Crippen LogP contribution is -2.14. The average molecular weight is 465 g/mol. The Labute approximate surface area is 187 Å². The van der Waals surface area contributed by atoms with E-state index in [2.05, 4.69) is 5.32 Å². The number of hydrogen-bond donors (Lipinski definition) is 3. The van der Waals surface area contributed by atoms with Crippen molar-refractivity contribution in [2.45, 2.75) is 6.92 Å². The SMILES string of the molecule is COc1cc(C(=N)c2ccsc2NC(=O)c2c(Cl)cccc2Cl)ccc1C.O=CO. The molecule has 0 saturated carbocycles. The molecule has 0 bridgehead atoms. The van der Waals surface area contributed by atoms with Crippen LogP contribution >= 0.6 is 34.5 Å². The van der Waals surface area contributed by atoms with Crippen LogP contribution in [0.4, 0.5) is 5.00 Å². The molecular formula is C21H18Cl2N2O4S. The van der Waals surface area contributed by atoms with Crippen LogP contribution in [0, 0.1) is 12.3 Å². The largest absolute Gasteiger partial charge is 0.496 e. The minimum atomic E-state index is -0.413. The van der Waals surface area contributed by atoms with Gasteiger partial charge in [-0.3, -0.25) is 15.0 Å². The zero-order valence-corrected chi connectivity index (χ0v) is 18.4. The van der Waals surface area contributed by atoms with Crippen LogP contribution in [0.3, 0.4) is 0 Å². The fraction of sp³-hybridized carbons (Fsp3) is 0.0952. The van der Waals surface area contributed by atoms with Gasteiger partial charge in [0.05, 0.1) is 28.4 Å². The van der Waals surface area contributed by atoms with Crippen LogP contribution in [0.5, 0.6) is 5.75 Å². The maximum atomic E-state index is 12.6. The van der Waals surface area contributed by atoms with E-state index in [1.807, 2.05) is 30.5 Å². The zero-order valence-electron chi connectivity index (χ0n) is 16.0. The molecule has 1 aromatic heterocycles. The van der Waals surface area contributed by atoms with Crippen molar-refractivity contribution in [1.82, 2.24) is 0 Å². The van der Waals surface area contributed by atoms with Gasteiger partial charge in [-0.15, -0.1) is 11.3 Å². The molecule has 1 amide bonds. The summed E-state index contributed by atoms with van der Waals surface area (Å²) < 4.78 is 5.34. The molecule has 3 rings (SSSR count). The molecule has 6 nitrogen and oxygen atoms in total. The third-order valence-electron chi connectivity index (χ3n) is 4.05. The molecule has 0 atom stereocenters. The smallest absolute Gasteiger partial charge is 0.290 e. The fourth-order valence-corrected chi connectivity index (χ4v) is 3.97. The monoisotopic (exact) mass is 464 g/mol. The van der Waals surface area contributed by atoms with Crippen molar-refractivity contribution in [2.75, 3.05) is 12.4 Å². The molecule has 1 heterocycles. The number of hydrogen-bond acceptors (Lipinski definition) is 5. The molecule has 30 heavy (non-hydrogen) atoms. The van der Waals surface area contributed by atoms with Crippen LogP contribution in [0.1, 0.15) is 27.0 Å². The van der Waals surface area contributed by atoms with Gasteiger partial charge in [0.15, 0.2) is 0 Å². The molecule has 0 aliphatic heterocycles. The van der Waals surface area contributed by atoms with E-state index in [9.17, 15) is 4.79 Å². The number of halogens is 2. The summed E-state index contributed by atoms with van der Waals surface area (Å²) >= 11 is 13.6. The van der Waals surface area contributed by atoms with Gasteiger partial charge in [0.2, 0.25) is 0 Å². The van der Waals surface area contributed by atoms with Gasteiger partial charge in [-0.1, -0.05) is 41.4 Å². The molecule has 156 valence electrons. The Hall–Kier alpha value is -2.87. The van der Waals surface area contributed by atoms with Gasteiger partial charge < -0.3 is 15.2 Å². The second kappa shape index (κ2) is 10.8. The highest BCUT2D eigenvalue weighted by atomic mass is 35.5. The number of aryl methyl sites for hydroxylation is 1. The predicted molar refractivity (Wildman–Crippen MR) is 121 cm³/mol. The van der Waals surface area contributed by atoms with E-state index < -0.39 is 5.91 Å². The van der Waals surface area contributed by atoms with Crippen molar-refractivity contribution in [3.63, 3.8) is 0 Å². The van der Waals surface area contributed by atoms with E-state index in [4.69, 9.17) is 43.2 Å².